The lowest BCUT2D eigenvalue weighted by molar-refractivity contribution is 0.0933. The molecule has 5 heteroatoms. The Kier molecular flexibility index (Phi) is 6.21. The second-order valence-electron chi connectivity index (χ2n) is 7.03. The van der Waals surface area contributed by atoms with E-state index in [0.717, 1.165) is 43.6 Å². The van der Waals surface area contributed by atoms with Crippen LogP contribution in [0.25, 0.3) is 11.4 Å². The Balaban J connectivity index is 1.90. The summed E-state index contributed by atoms with van der Waals surface area (Å²) in [6, 6.07) is 11.9. The van der Waals surface area contributed by atoms with E-state index in [9.17, 15) is 4.79 Å². The predicted molar refractivity (Wildman–Crippen MR) is 105 cm³/mol. The molecule has 1 fully saturated rings. The number of carbonyl (C=O) groups excluding carboxylic acids is 1. The van der Waals surface area contributed by atoms with Crippen molar-refractivity contribution >= 4 is 11.7 Å². The zero-order valence-electron chi connectivity index (χ0n) is 15.7. The molecule has 0 atom stereocenters. The number of aromatic nitrogens is 2. The van der Waals surface area contributed by atoms with Crippen LogP contribution in [0.5, 0.6) is 0 Å². The van der Waals surface area contributed by atoms with E-state index in [2.05, 4.69) is 22.1 Å². The van der Waals surface area contributed by atoms with Crippen LogP contribution in [-0.2, 0) is 0 Å². The fourth-order valence-corrected chi connectivity index (χ4v) is 3.30. The molecule has 138 valence electrons. The van der Waals surface area contributed by atoms with Crippen LogP contribution < -0.4 is 10.2 Å². The van der Waals surface area contributed by atoms with Crippen LogP contribution in [0.4, 0.5) is 5.82 Å². The zero-order valence-corrected chi connectivity index (χ0v) is 15.7. The van der Waals surface area contributed by atoms with Gasteiger partial charge in [-0.05, 0) is 19.3 Å². The van der Waals surface area contributed by atoms with Crippen molar-refractivity contribution in [3.05, 3.63) is 42.1 Å². The molecule has 0 saturated heterocycles. The van der Waals surface area contributed by atoms with E-state index in [4.69, 9.17) is 4.98 Å². The SMILES string of the molecule is CCCCN(C)c1cc(C(=O)NC2CCCC2)nc(-c2ccccc2)n1. The largest absolute Gasteiger partial charge is 0.360 e. The number of nitrogens with zero attached hydrogens (tertiary/aromatic N) is 3. The zero-order chi connectivity index (χ0) is 18.4. The highest BCUT2D eigenvalue weighted by Crippen LogP contribution is 2.21. The molecule has 1 aliphatic carbocycles. The number of hydrogen-bond donors (Lipinski definition) is 1. The first-order valence-corrected chi connectivity index (χ1v) is 9.64. The molecule has 0 radical (unpaired) electrons. The number of anilines is 1. The Labute approximate surface area is 155 Å². The van der Waals surface area contributed by atoms with Crippen LogP contribution in [-0.4, -0.2) is 35.5 Å². The van der Waals surface area contributed by atoms with E-state index >= 15 is 0 Å². The first-order valence-electron chi connectivity index (χ1n) is 9.64. The first kappa shape index (κ1) is 18.4. The van der Waals surface area contributed by atoms with Gasteiger partial charge in [0, 0.05) is 31.3 Å². The van der Waals surface area contributed by atoms with Crippen LogP contribution in [0.3, 0.4) is 0 Å². The summed E-state index contributed by atoms with van der Waals surface area (Å²) in [5, 5.41) is 3.14. The van der Waals surface area contributed by atoms with Crippen LogP contribution in [0.1, 0.15) is 55.9 Å². The number of benzene rings is 1. The van der Waals surface area contributed by atoms with Gasteiger partial charge in [0.2, 0.25) is 0 Å². The van der Waals surface area contributed by atoms with E-state index < -0.39 is 0 Å². The maximum atomic E-state index is 12.8. The number of unbranched alkanes of at least 4 members (excludes halogenated alkanes) is 1. The molecule has 1 aromatic carbocycles. The summed E-state index contributed by atoms with van der Waals surface area (Å²) in [5.74, 6) is 1.30. The molecule has 1 aromatic heterocycles. The molecule has 0 spiro atoms. The highest BCUT2D eigenvalue weighted by molar-refractivity contribution is 5.93. The average molecular weight is 352 g/mol. The van der Waals surface area contributed by atoms with Gasteiger partial charge in [0.25, 0.3) is 5.91 Å². The van der Waals surface area contributed by atoms with Crippen LogP contribution in [0, 0.1) is 0 Å². The third-order valence-electron chi connectivity index (χ3n) is 4.91. The minimum atomic E-state index is -0.0957. The van der Waals surface area contributed by atoms with Crippen LogP contribution in [0.15, 0.2) is 36.4 Å². The fourth-order valence-electron chi connectivity index (χ4n) is 3.30. The third kappa shape index (κ3) is 4.59. The van der Waals surface area contributed by atoms with Gasteiger partial charge < -0.3 is 10.2 Å². The van der Waals surface area contributed by atoms with Gasteiger partial charge in [-0.3, -0.25) is 4.79 Å². The molecule has 3 rings (SSSR count). The molecule has 1 aliphatic rings. The maximum absolute atomic E-state index is 12.8. The fraction of sp³-hybridized carbons (Fsp3) is 0.476. The number of amides is 1. The highest BCUT2D eigenvalue weighted by atomic mass is 16.1. The van der Waals surface area contributed by atoms with Crippen molar-refractivity contribution in [1.82, 2.24) is 15.3 Å². The van der Waals surface area contributed by atoms with E-state index in [-0.39, 0.29) is 11.9 Å². The lowest BCUT2D eigenvalue weighted by atomic mass is 10.2. The predicted octanol–water partition coefficient (Wildman–Crippen LogP) is 4.05. The molecular weight excluding hydrogens is 324 g/mol. The summed E-state index contributed by atoms with van der Waals surface area (Å²) in [6.45, 7) is 3.08. The van der Waals surface area contributed by atoms with Crippen molar-refractivity contribution in [3.63, 3.8) is 0 Å². The topological polar surface area (TPSA) is 58.1 Å². The van der Waals surface area contributed by atoms with Crippen molar-refractivity contribution < 1.29 is 4.79 Å². The molecule has 0 aliphatic heterocycles. The maximum Gasteiger partial charge on any atom is 0.270 e. The molecule has 0 bridgehead atoms. The van der Waals surface area contributed by atoms with Crippen LogP contribution >= 0.6 is 0 Å². The Morgan fingerprint density at radius 2 is 1.92 bits per heavy atom. The summed E-state index contributed by atoms with van der Waals surface area (Å²) in [7, 11) is 2.02. The van der Waals surface area contributed by atoms with E-state index in [1.807, 2.05) is 43.4 Å². The van der Waals surface area contributed by atoms with Gasteiger partial charge in [-0.25, -0.2) is 9.97 Å². The van der Waals surface area contributed by atoms with Crippen LogP contribution in [0.2, 0.25) is 0 Å². The lowest BCUT2D eigenvalue weighted by Crippen LogP contribution is -2.33. The molecule has 1 N–H and O–H groups in total. The van der Waals surface area contributed by atoms with Gasteiger partial charge in [0.1, 0.15) is 11.5 Å². The molecule has 2 aromatic rings. The molecule has 26 heavy (non-hydrogen) atoms. The number of hydrogen-bond acceptors (Lipinski definition) is 4. The quantitative estimate of drug-likeness (QED) is 0.817. The van der Waals surface area contributed by atoms with Crippen molar-refractivity contribution in [2.45, 2.75) is 51.5 Å². The molecule has 0 unspecified atom stereocenters. The van der Waals surface area contributed by atoms with Gasteiger partial charge in [0.05, 0.1) is 0 Å². The number of rotatable bonds is 7. The Morgan fingerprint density at radius 3 is 2.62 bits per heavy atom. The van der Waals surface area contributed by atoms with Crippen molar-refractivity contribution in [3.8, 4) is 11.4 Å². The molecule has 1 saturated carbocycles. The standard InChI is InChI=1S/C21H28N4O/c1-3-4-14-25(2)19-15-18(21(26)22-17-12-8-9-13-17)23-20(24-19)16-10-6-5-7-11-16/h5-7,10-11,15,17H,3-4,8-9,12-14H2,1-2H3,(H,22,26). The smallest absolute Gasteiger partial charge is 0.270 e. The van der Waals surface area contributed by atoms with Gasteiger partial charge in [-0.1, -0.05) is 56.5 Å². The Morgan fingerprint density at radius 1 is 1.19 bits per heavy atom. The first-order chi connectivity index (χ1) is 12.7. The summed E-state index contributed by atoms with van der Waals surface area (Å²) >= 11 is 0. The number of nitrogens with one attached hydrogen (secondary N) is 1. The highest BCUT2D eigenvalue weighted by Gasteiger charge is 2.20. The normalized spacial score (nSPS) is 14.4. The minimum absolute atomic E-state index is 0.0957. The van der Waals surface area contributed by atoms with E-state index in [1.165, 1.54) is 12.8 Å². The monoisotopic (exact) mass is 352 g/mol. The lowest BCUT2D eigenvalue weighted by Gasteiger charge is -2.19. The van der Waals surface area contributed by atoms with Gasteiger partial charge >= 0.3 is 0 Å². The third-order valence-corrected chi connectivity index (χ3v) is 4.91. The summed E-state index contributed by atoms with van der Waals surface area (Å²) in [5.41, 5.74) is 1.37. The number of carbonyl (C=O) groups is 1. The van der Waals surface area contributed by atoms with Gasteiger partial charge in [-0.15, -0.1) is 0 Å². The van der Waals surface area contributed by atoms with E-state index in [1.54, 1.807) is 0 Å². The Bertz CT molecular complexity index is 726. The average Bonchev–Trinajstić information content (AvgIpc) is 3.19. The van der Waals surface area contributed by atoms with E-state index in [0.29, 0.717) is 11.5 Å². The molecule has 1 heterocycles. The van der Waals surface area contributed by atoms with Crippen molar-refractivity contribution in [1.29, 1.82) is 0 Å². The minimum Gasteiger partial charge on any atom is -0.360 e. The summed E-state index contributed by atoms with van der Waals surface area (Å²) < 4.78 is 0. The second-order valence-corrected chi connectivity index (χ2v) is 7.03. The molecule has 5 nitrogen and oxygen atoms in total. The summed E-state index contributed by atoms with van der Waals surface area (Å²) in [6.07, 6.45) is 6.71. The molecular formula is C21H28N4O. The second kappa shape index (κ2) is 8.79. The van der Waals surface area contributed by atoms with Gasteiger partial charge in [-0.2, -0.15) is 0 Å². The molecule has 1 amide bonds. The summed E-state index contributed by atoms with van der Waals surface area (Å²) in [4.78, 5) is 24.1. The van der Waals surface area contributed by atoms with Crippen molar-refractivity contribution in [2.24, 2.45) is 0 Å². The van der Waals surface area contributed by atoms with Gasteiger partial charge in [0.15, 0.2) is 5.82 Å². The Hall–Kier alpha value is -2.43. The van der Waals surface area contributed by atoms with Crippen molar-refractivity contribution in [2.75, 3.05) is 18.5 Å².